The Labute approximate surface area is 80.0 Å². The molecule has 1 aliphatic rings. The summed E-state index contributed by atoms with van der Waals surface area (Å²) in [5.74, 6) is -0.0927. The van der Waals surface area contributed by atoms with E-state index in [2.05, 4.69) is 20.8 Å². The first-order chi connectivity index (χ1) is 5.89. The Morgan fingerprint density at radius 1 is 1.46 bits per heavy atom. The van der Waals surface area contributed by atoms with E-state index in [9.17, 15) is 4.79 Å². The molecule has 0 saturated heterocycles. The van der Waals surface area contributed by atoms with E-state index in [1.54, 1.807) is 0 Å². The molecule has 0 saturated carbocycles. The summed E-state index contributed by atoms with van der Waals surface area (Å²) in [5, 5.41) is 0. The van der Waals surface area contributed by atoms with Gasteiger partial charge in [0.15, 0.2) is 0 Å². The maximum atomic E-state index is 11.4. The van der Waals surface area contributed by atoms with E-state index in [1.165, 1.54) is 11.1 Å². The lowest BCUT2D eigenvalue weighted by Gasteiger charge is -2.15. The molecular formula is C11H18O2. The average molecular weight is 182 g/mol. The van der Waals surface area contributed by atoms with Crippen LogP contribution in [0.4, 0.5) is 0 Å². The van der Waals surface area contributed by atoms with Crippen molar-refractivity contribution < 1.29 is 9.53 Å². The van der Waals surface area contributed by atoms with Gasteiger partial charge < -0.3 is 4.74 Å². The largest absolute Gasteiger partial charge is 0.465 e. The summed E-state index contributed by atoms with van der Waals surface area (Å²) < 4.78 is 4.98. The first-order valence-corrected chi connectivity index (χ1v) is 4.77. The molecule has 0 N–H and O–H groups in total. The normalized spacial score (nSPS) is 21.8. The summed E-state index contributed by atoms with van der Waals surface area (Å²) in [4.78, 5) is 11.4. The highest BCUT2D eigenvalue weighted by Gasteiger charge is 2.45. The molecule has 0 aromatic heterocycles. The first-order valence-electron chi connectivity index (χ1n) is 4.77. The highest BCUT2D eigenvalue weighted by atomic mass is 16.5. The van der Waals surface area contributed by atoms with Crippen LogP contribution in [0, 0.1) is 11.3 Å². The summed E-state index contributed by atoms with van der Waals surface area (Å²) in [6.07, 6.45) is 0. The van der Waals surface area contributed by atoms with E-state index in [0.29, 0.717) is 6.61 Å². The van der Waals surface area contributed by atoms with Crippen LogP contribution in [-0.4, -0.2) is 12.6 Å². The lowest BCUT2D eigenvalue weighted by atomic mass is 9.91. The molecule has 0 spiro atoms. The van der Waals surface area contributed by atoms with Crippen LogP contribution in [0.2, 0.25) is 0 Å². The van der Waals surface area contributed by atoms with Gasteiger partial charge in [-0.3, -0.25) is 4.79 Å². The molecule has 0 aromatic rings. The van der Waals surface area contributed by atoms with Gasteiger partial charge in [-0.15, -0.1) is 0 Å². The standard InChI is InChI=1S/C11H18O2/c1-6-13-10(12)8-7(2)9(8)11(3,4)5/h8H,6H2,1-5H3. The van der Waals surface area contributed by atoms with Crippen LogP contribution < -0.4 is 0 Å². The van der Waals surface area contributed by atoms with E-state index < -0.39 is 0 Å². The maximum absolute atomic E-state index is 11.4. The fourth-order valence-corrected chi connectivity index (χ4v) is 1.88. The third kappa shape index (κ3) is 1.93. The molecule has 0 aromatic carbocycles. The molecule has 0 radical (unpaired) electrons. The Bertz CT molecular complexity index is 256. The molecule has 2 nitrogen and oxygen atoms in total. The fraction of sp³-hybridized carbons (Fsp3) is 0.727. The monoisotopic (exact) mass is 182 g/mol. The lowest BCUT2D eigenvalue weighted by molar-refractivity contribution is -0.144. The highest BCUT2D eigenvalue weighted by Crippen LogP contribution is 2.50. The van der Waals surface area contributed by atoms with Gasteiger partial charge in [-0.2, -0.15) is 0 Å². The molecule has 1 atom stereocenters. The van der Waals surface area contributed by atoms with Crippen LogP contribution in [0.1, 0.15) is 34.6 Å². The van der Waals surface area contributed by atoms with Gasteiger partial charge in [0.25, 0.3) is 0 Å². The molecule has 0 aliphatic heterocycles. The number of esters is 1. The van der Waals surface area contributed by atoms with E-state index in [4.69, 9.17) is 4.74 Å². The second kappa shape index (κ2) is 3.17. The van der Waals surface area contributed by atoms with E-state index in [-0.39, 0.29) is 17.3 Å². The number of hydrogen-bond donors (Lipinski definition) is 0. The van der Waals surface area contributed by atoms with Gasteiger partial charge in [0.2, 0.25) is 0 Å². The van der Waals surface area contributed by atoms with Crippen molar-refractivity contribution in [1.29, 1.82) is 0 Å². The maximum Gasteiger partial charge on any atom is 0.317 e. The Hall–Kier alpha value is -0.790. The van der Waals surface area contributed by atoms with Gasteiger partial charge in [0.05, 0.1) is 12.5 Å². The SMILES string of the molecule is CCOC(=O)C1C(C)=C1C(C)(C)C. The van der Waals surface area contributed by atoms with Crippen LogP contribution in [0.5, 0.6) is 0 Å². The molecule has 0 fully saturated rings. The van der Waals surface area contributed by atoms with Gasteiger partial charge in [-0.25, -0.2) is 0 Å². The summed E-state index contributed by atoms with van der Waals surface area (Å²) in [5.41, 5.74) is 2.57. The van der Waals surface area contributed by atoms with Crippen molar-refractivity contribution in [2.24, 2.45) is 11.3 Å². The van der Waals surface area contributed by atoms with Crippen molar-refractivity contribution in [3.63, 3.8) is 0 Å². The molecule has 0 bridgehead atoms. The molecule has 0 heterocycles. The molecule has 13 heavy (non-hydrogen) atoms. The average Bonchev–Trinajstić information content (AvgIpc) is 2.60. The van der Waals surface area contributed by atoms with Crippen molar-refractivity contribution in [1.82, 2.24) is 0 Å². The van der Waals surface area contributed by atoms with Gasteiger partial charge in [-0.1, -0.05) is 26.3 Å². The van der Waals surface area contributed by atoms with Crippen LogP contribution >= 0.6 is 0 Å². The Balaban J connectivity index is 2.60. The predicted octanol–water partition coefficient (Wildman–Crippen LogP) is 2.54. The lowest BCUT2D eigenvalue weighted by Crippen LogP contribution is -2.14. The number of hydrogen-bond acceptors (Lipinski definition) is 2. The van der Waals surface area contributed by atoms with Crippen LogP contribution in [0.15, 0.2) is 11.1 Å². The van der Waals surface area contributed by atoms with E-state index in [1.807, 2.05) is 13.8 Å². The third-order valence-corrected chi connectivity index (χ3v) is 2.39. The second-order valence-corrected chi connectivity index (χ2v) is 4.53. The summed E-state index contributed by atoms with van der Waals surface area (Å²) in [6, 6.07) is 0. The smallest absolute Gasteiger partial charge is 0.317 e. The third-order valence-electron chi connectivity index (χ3n) is 2.39. The van der Waals surface area contributed by atoms with Gasteiger partial charge >= 0.3 is 5.97 Å². The quantitative estimate of drug-likeness (QED) is 0.484. The van der Waals surface area contributed by atoms with Crippen molar-refractivity contribution in [2.45, 2.75) is 34.6 Å². The zero-order chi connectivity index (χ0) is 10.2. The predicted molar refractivity (Wildman–Crippen MR) is 52.3 cm³/mol. The van der Waals surface area contributed by atoms with E-state index >= 15 is 0 Å². The molecular weight excluding hydrogens is 164 g/mol. The van der Waals surface area contributed by atoms with Crippen LogP contribution in [0.3, 0.4) is 0 Å². The van der Waals surface area contributed by atoms with Gasteiger partial charge in [-0.05, 0) is 24.8 Å². The van der Waals surface area contributed by atoms with E-state index in [0.717, 1.165) is 0 Å². The highest BCUT2D eigenvalue weighted by molar-refractivity contribution is 5.86. The van der Waals surface area contributed by atoms with Gasteiger partial charge in [0, 0.05) is 0 Å². The molecule has 1 aliphatic carbocycles. The molecule has 0 amide bonds. The molecule has 1 unspecified atom stereocenters. The van der Waals surface area contributed by atoms with Crippen LogP contribution in [0.25, 0.3) is 0 Å². The van der Waals surface area contributed by atoms with Gasteiger partial charge in [0.1, 0.15) is 0 Å². The minimum Gasteiger partial charge on any atom is -0.465 e. The second-order valence-electron chi connectivity index (χ2n) is 4.53. The van der Waals surface area contributed by atoms with Crippen LogP contribution in [-0.2, 0) is 9.53 Å². The van der Waals surface area contributed by atoms with Crippen molar-refractivity contribution >= 4 is 5.97 Å². The first kappa shape index (κ1) is 10.3. The summed E-state index contributed by atoms with van der Waals surface area (Å²) >= 11 is 0. The minimum atomic E-state index is -0.0788. The summed E-state index contributed by atoms with van der Waals surface area (Å²) in [6.45, 7) is 10.7. The Morgan fingerprint density at radius 3 is 2.31 bits per heavy atom. The number of rotatable bonds is 2. The Morgan fingerprint density at radius 2 is 2.00 bits per heavy atom. The van der Waals surface area contributed by atoms with Crippen molar-refractivity contribution in [3.8, 4) is 0 Å². The molecule has 2 heteroatoms. The fourth-order valence-electron chi connectivity index (χ4n) is 1.88. The number of ether oxygens (including phenoxy) is 1. The number of carbonyl (C=O) groups excluding carboxylic acids is 1. The topological polar surface area (TPSA) is 26.3 Å². The number of carbonyl (C=O) groups is 1. The van der Waals surface area contributed by atoms with Crippen molar-refractivity contribution in [3.05, 3.63) is 11.1 Å². The zero-order valence-corrected chi connectivity index (χ0v) is 9.10. The zero-order valence-electron chi connectivity index (χ0n) is 9.10. The minimum absolute atomic E-state index is 0.0139. The molecule has 1 rings (SSSR count). The summed E-state index contributed by atoms with van der Waals surface area (Å²) in [7, 11) is 0. The molecule has 74 valence electrons. The Kier molecular flexibility index (Phi) is 2.51. The van der Waals surface area contributed by atoms with Crippen molar-refractivity contribution in [2.75, 3.05) is 6.61 Å².